The number of carboxylic acid groups (broad SMARTS) is 1. The summed E-state index contributed by atoms with van der Waals surface area (Å²) in [5, 5.41) is 7.12. The molecule has 1 aromatic heterocycles. The molecule has 0 radical (unpaired) electrons. The van der Waals surface area contributed by atoms with E-state index in [1.54, 1.807) is 7.11 Å². The molecule has 0 saturated heterocycles. The molecule has 0 saturated carbocycles. The number of halogens is 4. The van der Waals surface area contributed by atoms with Gasteiger partial charge in [0, 0.05) is 22.3 Å². The maximum Gasteiger partial charge on any atom is 0.490 e. The maximum atomic E-state index is 10.6. The van der Waals surface area contributed by atoms with Crippen LogP contribution in [0.3, 0.4) is 0 Å². The molecule has 5 nitrogen and oxygen atoms in total. The molecule has 0 fully saturated rings. The van der Waals surface area contributed by atoms with Crippen molar-refractivity contribution in [3.8, 4) is 17.0 Å². The Morgan fingerprint density at radius 3 is 2.34 bits per heavy atom. The lowest BCUT2D eigenvalue weighted by molar-refractivity contribution is -0.192. The number of aromatic nitrogens is 2. The molecule has 0 spiro atoms. The van der Waals surface area contributed by atoms with Crippen LogP contribution in [0.25, 0.3) is 11.3 Å². The van der Waals surface area contributed by atoms with Crippen LogP contribution in [0.1, 0.15) is 31.0 Å². The molecule has 3 rings (SSSR count). The van der Waals surface area contributed by atoms with Gasteiger partial charge < -0.3 is 14.4 Å². The lowest BCUT2D eigenvalue weighted by Crippen LogP contribution is -2.21. The van der Waals surface area contributed by atoms with E-state index < -0.39 is 12.1 Å². The Morgan fingerprint density at radius 2 is 1.78 bits per heavy atom. The number of carbonyl (C=O) groups is 1. The summed E-state index contributed by atoms with van der Waals surface area (Å²) in [6, 6.07) is 16.6. The van der Waals surface area contributed by atoms with Crippen LogP contribution in [-0.4, -0.2) is 33.9 Å². The Hall–Kier alpha value is -2.81. The van der Waals surface area contributed by atoms with Crippen LogP contribution in [0.4, 0.5) is 13.2 Å². The van der Waals surface area contributed by atoms with Gasteiger partial charge in [0.15, 0.2) is 0 Å². The van der Waals surface area contributed by atoms with E-state index in [1.165, 1.54) is 11.3 Å². The highest BCUT2D eigenvalue weighted by Gasteiger charge is 2.38. The number of carboxylic acids is 1. The summed E-state index contributed by atoms with van der Waals surface area (Å²) in [7, 11) is 1.71. The van der Waals surface area contributed by atoms with E-state index in [2.05, 4.69) is 57.8 Å². The van der Waals surface area contributed by atoms with Gasteiger partial charge in [0.05, 0.1) is 19.1 Å². The Labute approximate surface area is 193 Å². The van der Waals surface area contributed by atoms with Crippen LogP contribution in [0.15, 0.2) is 59.3 Å². The zero-order valence-electron chi connectivity index (χ0n) is 17.7. The second-order valence-electron chi connectivity index (χ2n) is 6.90. The van der Waals surface area contributed by atoms with Gasteiger partial charge in [-0.3, -0.25) is 0 Å². The second kappa shape index (κ2) is 11.7. The fraction of sp³-hybridized carbons (Fsp3) is 0.304. The van der Waals surface area contributed by atoms with Crippen LogP contribution >= 0.6 is 15.9 Å². The first-order valence-electron chi connectivity index (χ1n) is 9.89. The number of imidazole rings is 1. The lowest BCUT2D eigenvalue weighted by Gasteiger charge is -2.12. The van der Waals surface area contributed by atoms with Crippen molar-refractivity contribution in [2.75, 3.05) is 7.11 Å². The van der Waals surface area contributed by atoms with Crippen molar-refractivity contribution < 1.29 is 27.8 Å². The van der Waals surface area contributed by atoms with E-state index in [0.717, 1.165) is 47.3 Å². The maximum absolute atomic E-state index is 10.6. The van der Waals surface area contributed by atoms with Crippen molar-refractivity contribution in [3.05, 3.63) is 70.6 Å². The summed E-state index contributed by atoms with van der Waals surface area (Å²) in [5.41, 5.74) is 4.63. The number of para-hydroxylation sites is 1. The third-order valence-corrected chi connectivity index (χ3v) is 5.11. The SMILES string of the molecule is CCCCc1c(-c2ccccc2OC)ncn1Cc1ccc(Br)cc1.O=C(O)C(F)(F)F. The molecule has 0 amide bonds. The van der Waals surface area contributed by atoms with Gasteiger partial charge in [0.25, 0.3) is 0 Å². The highest BCUT2D eigenvalue weighted by Crippen LogP contribution is 2.32. The van der Waals surface area contributed by atoms with E-state index >= 15 is 0 Å². The minimum Gasteiger partial charge on any atom is -0.496 e. The molecular formula is C23H24BrF3N2O3. The molecule has 0 aliphatic rings. The summed E-state index contributed by atoms with van der Waals surface area (Å²) in [6.07, 6.45) is 0.193. The topological polar surface area (TPSA) is 64.4 Å². The number of methoxy groups -OCH3 is 1. The fourth-order valence-corrected chi connectivity index (χ4v) is 3.27. The minimum absolute atomic E-state index is 0.828. The van der Waals surface area contributed by atoms with Crippen LogP contribution in [0.2, 0.25) is 0 Å². The monoisotopic (exact) mass is 512 g/mol. The standard InChI is InChI=1S/C21H23BrN2O.C2HF3O2/c1-3-4-8-19-21(18-7-5-6-9-20(18)25-2)23-15-24(19)14-16-10-12-17(22)13-11-16;3-2(4,5)1(6)7/h5-7,9-13,15H,3-4,8,14H2,1-2H3;(H,6,7). The summed E-state index contributed by atoms with van der Waals surface area (Å²) < 4.78 is 40.6. The van der Waals surface area contributed by atoms with E-state index in [0.29, 0.717) is 0 Å². The van der Waals surface area contributed by atoms with Gasteiger partial charge in [0.1, 0.15) is 5.75 Å². The summed E-state index contributed by atoms with van der Waals surface area (Å²) in [6.45, 7) is 3.05. The molecule has 0 unspecified atom stereocenters. The van der Waals surface area contributed by atoms with E-state index in [1.807, 2.05) is 24.5 Å². The van der Waals surface area contributed by atoms with Gasteiger partial charge in [-0.1, -0.05) is 53.5 Å². The first-order chi connectivity index (χ1) is 15.2. The minimum atomic E-state index is -5.08. The largest absolute Gasteiger partial charge is 0.496 e. The summed E-state index contributed by atoms with van der Waals surface area (Å²) >= 11 is 3.50. The van der Waals surface area contributed by atoms with Gasteiger partial charge in [0.2, 0.25) is 0 Å². The molecule has 172 valence electrons. The first-order valence-corrected chi connectivity index (χ1v) is 10.7. The number of hydrogen-bond acceptors (Lipinski definition) is 3. The molecule has 9 heteroatoms. The Bertz CT molecular complexity index is 1020. The molecule has 0 bridgehead atoms. The average molecular weight is 513 g/mol. The van der Waals surface area contributed by atoms with Gasteiger partial charge in [-0.2, -0.15) is 13.2 Å². The smallest absolute Gasteiger partial charge is 0.490 e. The predicted octanol–water partition coefficient (Wildman–Crippen LogP) is 6.35. The predicted molar refractivity (Wildman–Crippen MR) is 120 cm³/mol. The third kappa shape index (κ3) is 7.12. The van der Waals surface area contributed by atoms with E-state index in [-0.39, 0.29) is 0 Å². The molecule has 2 aromatic carbocycles. The number of ether oxygens (including phenoxy) is 1. The average Bonchev–Trinajstić information content (AvgIpc) is 3.15. The number of rotatable bonds is 7. The van der Waals surface area contributed by atoms with Crippen LogP contribution in [0, 0.1) is 0 Å². The first kappa shape index (κ1) is 25.5. The molecule has 1 heterocycles. The van der Waals surface area contributed by atoms with Crippen molar-refractivity contribution in [3.63, 3.8) is 0 Å². The highest BCUT2D eigenvalue weighted by atomic mass is 79.9. The number of alkyl halides is 3. The summed E-state index contributed by atoms with van der Waals surface area (Å²) in [5.74, 6) is -1.89. The van der Waals surface area contributed by atoms with Crippen LogP contribution in [-0.2, 0) is 17.8 Å². The number of hydrogen-bond donors (Lipinski definition) is 1. The lowest BCUT2D eigenvalue weighted by atomic mass is 10.1. The van der Waals surface area contributed by atoms with Gasteiger partial charge in [-0.05, 0) is 42.7 Å². The Kier molecular flexibility index (Phi) is 9.31. The number of aliphatic carboxylic acids is 1. The van der Waals surface area contributed by atoms with Crippen molar-refractivity contribution in [2.45, 2.75) is 38.9 Å². The van der Waals surface area contributed by atoms with Crippen LogP contribution < -0.4 is 4.74 Å². The fourth-order valence-electron chi connectivity index (χ4n) is 3.00. The van der Waals surface area contributed by atoms with Gasteiger partial charge >= 0.3 is 12.1 Å². The molecule has 32 heavy (non-hydrogen) atoms. The zero-order chi connectivity index (χ0) is 23.7. The number of nitrogens with zero attached hydrogens (tertiary/aromatic N) is 2. The second-order valence-corrected chi connectivity index (χ2v) is 7.82. The molecule has 3 aromatic rings. The normalized spacial score (nSPS) is 10.9. The van der Waals surface area contributed by atoms with Crippen molar-refractivity contribution in [2.24, 2.45) is 0 Å². The van der Waals surface area contributed by atoms with E-state index in [9.17, 15) is 13.2 Å². The molecule has 1 N–H and O–H groups in total. The zero-order valence-corrected chi connectivity index (χ0v) is 19.3. The Morgan fingerprint density at radius 1 is 1.16 bits per heavy atom. The van der Waals surface area contributed by atoms with Gasteiger partial charge in [-0.25, -0.2) is 9.78 Å². The van der Waals surface area contributed by atoms with Crippen LogP contribution in [0.5, 0.6) is 5.75 Å². The Balaban J connectivity index is 0.000000451. The van der Waals surface area contributed by atoms with E-state index in [4.69, 9.17) is 19.6 Å². The summed E-state index contributed by atoms with van der Waals surface area (Å²) in [4.78, 5) is 13.6. The molecule has 0 aliphatic carbocycles. The molecule has 0 atom stereocenters. The molecule has 0 aliphatic heterocycles. The highest BCUT2D eigenvalue weighted by molar-refractivity contribution is 9.10. The number of benzene rings is 2. The van der Waals surface area contributed by atoms with Gasteiger partial charge in [-0.15, -0.1) is 0 Å². The van der Waals surface area contributed by atoms with Crippen molar-refractivity contribution in [1.82, 2.24) is 9.55 Å². The van der Waals surface area contributed by atoms with Crippen molar-refractivity contribution >= 4 is 21.9 Å². The van der Waals surface area contributed by atoms with Crippen molar-refractivity contribution in [1.29, 1.82) is 0 Å². The molecular weight excluding hydrogens is 489 g/mol. The third-order valence-electron chi connectivity index (χ3n) is 4.58. The number of unbranched alkanes of at least 4 members (excludes halogenated alkanes) is 1. The quantitative estimate of drug-likeness (QED) is 0.400.